The molecule has 1 aromatic rings. The number of nitriles is 1. The maximum Gasteiger partial charge on any atom is 0.0992 e. The second-order valence-corrected chi connectivity index (χ2v) is 6.12. The second-order valence-electron chi connectivity index (χ2n) is 6.12. The molecule has 2 aliphatic heterocycles. The van der Waals surface area contributed by atoms with Crippen LogP contribution in [-0.4, -0.2) is 24.7 Å². The molecule has 2 atom stereocenters. The second kappa shape index (κ2) is 5.85. The highest BCUT2D eigenvalue weighted by Crippen LogP contribution is 2.32. The largest absolute Gasteiger partial charge is 0.368 e. The zero-order valence-corrected chi connectivity index (χ0v) is 12.2. The molecule has 0 amide bonds. The van der Waals surface area contributed by atoms with E-state index in [4.69, 9.17) is 5.26 Å². The summed E-state index contributed by atoms with van der Waals surface area (Å²) in [5.74, 6) is 0. The predicted molar refractivity (Wildman–Crippen MR) is 81.8 cm³/mol. The van der Waals surface area contributed by atoms with Crippen LogP contribution in [0.2, 0.25) is 0 Å². The Morgan fingerprint density at radius 2 is 2.05 bits per heavy atom. The summed E-state index contributed by atoms with van der Waals surface area (Å²) in [6, 6.07) is 12.4. The average molecular weight is 269 g/mol. The standard InChI is InChI=1S/C17H23N3/c1-2-8-20(16-5-3-4-13(9-16)12-18)17-10-14-6-7-15(11-17)19-14/h3-5,9,14-15,17,19H,2,6-8,10-11H2,1H3. The number of nitrogens with one attached hydrogen (secondary N) is 1. The van der Waals surface area contributed by atoms with Gasteiger partial charge in [0.05, 0.1) is 11.6 Å². The van der Waals surface area contributed by atoms with Crippen molar-refractivity contribution in [2.45, 2.75) is 57.2 Å². The van der Waals surface area contributed by atoms with Gasteiger partial charge in [-0.3, -0.25) is 0 Å². The number of nitrogens with zero attached hydrogens (tertiary/aromatic N) is 2. The van der Waals surface area contributed by atoms with Gasteiger partial charge in [-0.15, -0.1) is 0 Å². The van der Waals surface area contributed by atoms with Crippen molar-refractivity contribution in [1.82, 2.24) is 5.32 Å². The fourth-order valence-electron chi connectivity index (χ4n) is 3.80. The molecule has 2 bridgehead atoms. The van der Waals surface area contributed by atoms with Crippen LogP contribution in [0, 0.1) is 11.3 Å². The molecular weight excluding hydrogens is 246 g/mol. The summed E-state index contributed by atoms with van der Waals surface area (Å²) < 4.78 is 0. The van der Waals surface area contributed by atoms with Gasteiger partial charge in [-0.05, 0) is 50.3 Å². The monoisotopic (exact) mass is 269 g/mol. The van der Waals surface area contributed by atoms with Crippen LogP contribution in [-0.2, 0) is 0 Å². The normalized spacial score (nSPS) is 28.1. The molecule has 0 spiro atoms. The van der Waals surface area contributed by atoms with Crippen molar-refractivity contribution in [2.75, 3.05) is 11.4 Å². The molecule has 20 heavy (non-hydrogen) atoms. The Morgan fingerprint density at radius 3 is 2.70 bits per heavy atom. The zero-order chi connectivity index (χ0) is 13.9. The molecule has 1 aromatic carbocycles. The number of hydrogen-bond donors (Lipinski definition) is 1. The summed E-state index contributed by atoms with van der Waals surface area (Å²) in [5.41, 5.74) is 1.98. The lowest BCUT2D eigenvalue weighted by Crippen LogP contribution is -2.48. The smallest absolute Gasteiger partial charge is 0.0992 e. The van der Waals surface area contributed by atoms with Crippen LogP contribution in [0.4, 0.5) is 5.69 Å². The van der Waals surface area contributed by atoms with Crippen LogP contribution in [0.5, 0.6) is 0 Å². The summed E-state index contributed by atoms with van der Waals surface area (Å²) in [6.45, 7) is 3.32. The summed E-state index contributed by atoms with van der Waals surface area (Å²) in [5, 5.41) is 12.8. The van der Waals surface area contributed by atoms with E-state index in [1.54, 1.807) is 0 Å². The molecular formula is C17H23N3. The highest BCUT2D eigenvalue weighted by molar-refractivity contribution is 5.52. The van der Waals surface area contributed by atoms with Gasteiger partial charge in [0.1, 0.15) is 0 Å². The molecule has 0 saturated carbocycles. The molecule has 3 rings (SSSR count). The van der Waals surface area contributed by atoms with Crippen molar-refractivity contribution in [3.8, 4) is 6.07 Å². The number of rotatable bonds is 4. The lowest BCUT2D eigenvalue weighted by atomic mass is 9.97. The number of fused-ring (bicyclic) bond motifs is 2. The molecule has 0 radical (unpaired) electrons. The summed E-state index contributed by atoms with van der Waals surface area (Å²) in [6.07, 6.45) is 6.30. The maximum absolute atomic E-state index is 9.10. The molecule has 3 nitrogen and oxygen atoms in total. The summed E-state index contributed by atoms with van der Waals surface area (Å²) in [7, 11) is 0. The minimum Gasteiger partial charge on any atom is -0.368 e. The molecule has 2 aliphatic rings. The molecule has 3 heteroatoms. The topological polar surface area (TPSA) is 39.1 Å². The van der Waals surface area contributed by atoms with Crippen LogP contribution >= 0.6 is 0 Å². The summed E-state index contributed by atoms with van der Waals surface area (Å²) >= 11 is 0. The fourth-order valence-corrected chi connectivity index (χ4v) is 3.80. The van der Waals surface area contributed by atoms with Crippen LogP contribution in [0.15, 0.2) is 24.3 Å². The Bertz CT molecular complexity index is 493. The van der Waals surface area contributed by atoms with Gasteiger partial charge >= 0.3 is 0 Å². The molecule has 106 valence electrons. The minimum absolute atomic E-state index is 0.627. The van der Waals surface area contributed by atoms with Gasteiger partial charge in [-0.25, -0.2) is 0 Å². The van der Waals surface area contributed by atoms with Gasteiger partial charge in [0, 0.05) is 30.4 Å². The summed E-state index contributed by atoms with van der Waals surface area (Å²) in [4.78, 5) is 2.53. The first-order valence-electron chi connectivity index (χ1n) is 7.83. The van der Waals surface area contributed by atoms with Gasteiger partial charge in [0.2, 0.25) is 0 Å². The lowest BCUT2D eigenvalue weighted by Gasteiger charge is -2.39. The highest BCUT2D eigenvalue weighted by atomic mass is 15.2. The zero-order valence-electron chi connectivity index (χ0n) is 12.2. The molecule has 2 saturated heterocycles. The van der Waals surface area contributed by atoms with Gasteiger partial charge in [0.15, 0.2) is 0 Å². The first-order chi connectivity index (χ1) is 9.80. The highest BCUT2D eigenvalue weighted by Gasteiger charge is 2.35. The molecule has 0 aliphatic carbocycles. The number of anilines is 1. The molecule has 0 aromatic heterocycles. The first-order valence-corrected chi connectivity index (χ1v) is 7.83. The molecule has 2 heterocycles. The van der Waals surface area contributed by atoms with Crippen LogP contribution < -0.4 is 10.2 Å². The van der Waals surface area contributed by atoms with Gasteiger partial charge in [-0.1, -0.05) is 13.0 Å². The Morgan fingerprint density at radius 1 is 1.30 bits per heavy atom. The van der Waals surface area contributed by atoms with E-state index in [0.717, 1.165) is 18.5 Å². The fraction of sp³-hybridized carbons (Fsp3) is 0.588. The van der Waals surface area contributed by atoms with Crippen LogP contribution in [0.1, 0.15) is 44.6 Å². The predicted octanol–water partition coefficient (Wildman–Crippen LogP) is 3.06. The quantitative estimate of drug-likeness (QED) is 0.913. The van der Waals surface area contributed by atoms with E-state index in [-0.39, 0.29) is 0 Å². The van der Waals surface area contributed by atoms with E-state index >= 15 is 0 Å². The Balaban J connectivity index is 1.83. The van der Waals surface area contributed by atoms with Crippen LogP contribution in [0.25, 0.3) is 0 Å². The van der Waals surface area contributed by atoms with Crippen molar-refractivity contribution in [3.63, 3.8) is 0 Å². The average Bonchev–Trinajstić information content (AvgIpc) is 2.83. The van der Waals surface area contributed by atoms with Crippen molar-refractivity contribution in [1.29, 1.82) is 5.26 Å². The van der Waals surface area contributed by atoms with Gasteiger partial charge < -0.3 is 10.2 Å². The molecule has 1 N–H and O–H groups in total. The third-order valence-corrected chi connectivity index (χ3v) is 4.66. The number of benzene rings is 1. The molecule has 2 unspecified atom stereocenters. The number of piperidine rings is 1. The number of hydrogen-bond acceptors (Lipinski definition) is 3. The SMILES string of the molecule is CCCN(c1cccc(C#N)c1)C1CC2CCC(C1)N2. The van der Waals surface area contributed by atoms with Crippen molar-refractivity contribution >= 4 is 5.69 Å². The van der Waals surface area contributed by atoms with E-state index in [1.807, 2.05) is 18.2 Å². The van der Waals surface area contributed by atoms with Crippen molar-refractivity contribution < 1.29 is 0 Å². The van der Waals surface area contributed by atoms with Crippen LogP contribution in [0.3, 0.4) is 0 Å². The lowest BCUT2D eigenvalue weighted by molar-refractivity contribution is 0.347. The maximum atomic E-state index is 9.10. The van der Waals surface area contributed by atoms with Gasteiger partial charge in [0.25, 0.3) is 0 Å². The molecule has 2 fully saturated rings. The Labute approximate surface area is 121 Å². The van der Waals surface area contributed by atoms with E-state index in [2.05, 4.69) is 29.3 Å². The van der Waals surface area contributed by atoms with E-state index < -0.39 is 0 Å². The van der Waals surface area contributed by atoms with E-state index in [1.165, 1.54) is 31.4 Å². The third-order valence-electron chi connectivity index (χ3n) is 4.66. The Hall–Kier alpha value is -1.53. The van der Waals surface area contributed by atoms with E-state index in [9.17, 15) is 0 Å². The third kappa shape index (κ3) is 2.66. The minimum atomic E-state index is 0.627. The van der Waals surface area contributed by atoms with Crippen molar-refractivity contribution in [3.05, 3.63) is 29.8 Å². The van der Waals surface area contributed by atoms with Crippen molar-refractivity contribution in [2.24, 2.45) is 0 Å². The van der Waals surface area contributed by atoms with E-state index in [0.29, 0.717) is 18.1 Å². The first kappa shape index (κ1) is 13.5. The Kier molecular flexibility index (Phi) is 3.93. The van der Waals surface area contributed by atoms with Gasteiger partial charge in [-0.2, -0.15) is 5.26 Å².